The van der Waals surface area contributed by atoms with Crippen molar-refractivity contribution in [3.05, 3.63) is 0 Å². The fourth-order valence-electron chi connectivity index (χ4n) is 0.444. The fourth-order valence-corrected chi connectivity index (χ4v) is 1.01. The van der Waals surface area contributed by atoms with Crippen molar-refractivity contribution >= 4 is 10.1 Å². The SMILES string of the molecule is [O]S(=O)(=O)C(F)(C(F)(F)F)C(F)(F)F. The Morgan fingerprint density at radius 1 is 0.714 bits per heavy atom. The third-order valence-corrected chi connectivity index (χ3v) is 2.23. The molecule has 0 N–H and O–H groups in total. The minimum absolute atomic E-state index is 6.77. The molecule has 0 aliphatic carbocycles. The van der Waals surface area contributed by atoms with E-state index < -0.39 is 27.5 Å². The monoisotopic (exact) mass is 249 g/mol. The molecule has 11 heteroatoms. The van der Waals surface area contributed by atoms with Crippen LogP contribution >= 0.6 is 0 Å². The van der Waals surface area contributed by atoms with Gasteiger partial charge in [0.2, 0.25) is 0 Å². The lowest BCUT2D eigenvalue weighted by atomic mass is 10.3. The van der Waals surface area contributed by atoms with Crippen molar-refractivity contribution in [2.45, 2.75) is 17.4 Å². The van der Waals surface area contributed by atoms with Crippen LogP contribution in [0.4, 0.5) is 30.7 Å². The van der Waals surface area contributed by atoms with Gasteiger partial charge in [-0.3, -0.25) is 0 Å². The van der Waals surface area contributed by atoms with Gasteiger partial charge in [-0.2, -0.15) is 34.8 Å². The number of rotatable bonds is 1. The van der Waals surface area contributed by atoms with Gasteiger partial charge in [0.05, 0.1) is 0 Å². The molecule has 3 nitrogen and oxygen atoms in total. The Bertz CT molecular complexity index is 296. The first-order chi connectivity index (χ1) is 5.75. The predicted molar refractivity (Wildman–Crippen MR) is 25.6 cm³/mol. The highest BCUT2D eigenvalue weighted by molar-refractivity contribution is 7.87. The zero-order valence-corrected chi connectivity index (χ0v) is 6.60. The van der Waals surface area contributed by atoms with Crippen LogP contribution in [0.1, 0.15) is 0 Å². The molecule has 85 valence electrons. The molecular formula is C3F7O3S. The van der Waals surface area contributed by atoms with Gasteiger partial charge in [0, 0.05) is 0 Å². The van der Waals surface area contributed by atoms with Crippen molar-refractivity contribution in [2.24, 2.45) is 0 Å². The smallest absolute Gasteiger partial charge is 0.203 e. The summed E-state index contributed by atoms with van der Waals surface area (Å²) in [7, 11) is -7.25. The molecule has 0 spiro atoms. The molecule has 0 aliphatic heterocycles. The zero-order chi connectivity index (χ0) is 12.0. The summed E-state index contributed by atoms with van der Waals surface area (Å²) in [5.74, 6) is 0. The summed E-state index contributed by atoms with van der Waals surface area (Å²) in [6, 6.07) is 0. The van der Waals surface area contributed by atoms with E-state index in [-0.39, 0.29) is 0 Å². The number of hydrogen-bond donors (Lipinski definition) is 0. The lowest BCUT2D eigenvalue weighted by molar-refractivity contribution is -0.308. The molecule has 0 fully saturated rings. The van der Waals surface area contributed by atoms with Crippen LogP contribution in [0.2, 0.25) is 0 Å². The zero-order valence-electron chi connectivity index (χ0n) is 5.78. The molecular weight excluding hydrogens is 249 g/mol. The van der Waals surface area contributed by atoms with Gasteiger partial charge in [-0.15, -0.1) is 0 Å². The van der Waals surface area contributed by atoms with E-state index in [0.29, 0.717) is 0 Å². The molecule has 0 aromatic heterocycles. The van der Waals surface area contributed by atoms with Crippen LogP contribution in [-0.4, -0.2) is 25.8 Å². The minimum Gasteiger partial charge on any atom is -0.203 e. The van der Waals surface area contributed by atoms with Crippen LogP contribution in [0.3, 0.4) is 0 Å². The van der Waals surface area contributed by atoms with Gasteiger partial charge in [-0.25, -0.2) is 4.39 Å². The third kappa shape index (κ3) is 1.78. The molecule has 14 heavy (non-hydrogen) atoms. The molecule has 0 atom stereocenters. The number of alkyl halides is 7. The lowest BCUT2D eigenvalue weighted by Gasteiger charge is -2.25. The molecule has 0 saturated carbocycles. The maximum Gasteiger partial charge on any atom is 0.449 e. The van der Waals surface area contributed by atoms with Gasteiger partial charge in [0.1, 0.15) is 0 Å². The molecule has 0 aromatic carbocycles. The first-order valence-electron chi connectivity index (χ1n) is 2.53. The van der Waals surface area contributed by atoms with E-state index in [1.54, 1.807) is 0 Å². The average Bonchev–Trinajstić information content (AvgIpc) is 1.77. The van der Waals surface area contributed by atoms with Crippen LogP contribution in [0.15, 0.2) is 0 Å². The molecule has 0 aromatic rings. The second kappa shape index (κ2) is 2.95. The van der Waals surface area contributed by atoms with Crippen LogP contribution < -0.4 is 0 Å². The summed E-state index contributed by atoms with van der Waals surface area (Å²) >= 11 is 0. The largest absolute Gasteiger partial charge is 0.449 e. The molecule has 0 unspecified atom stereocenters. The number of halogens is 7. The van der Waals surface area contributed by atoms with Gasteiger partial charge in [-0.05, 0) is 0 Å². The Morgan fingerprint density at radius 3 is 0.929 bits per heavy atom. The Hall–Kier alpha value is -0.580. The van der Waals surface area contributed by atoms with E-state index in [2.05, 4.69) is 0 Å². The first kappa shape index (κ1) is 13.4. The van der Waals surface area contributed by atoms with E-state index in [1.807, 2.05) is 0 Å². The van der Waals surface area contributed by atoms with Crippen molar-refractivity contribution < 1.29 is 43.7 Å². The van der Waals surface area contributed by atoms with E-state index >= 15 is 0 Å². The highest BCUT2D eigenvalue weighted by atomic mass is 32.2. The Balaban J connectivity index is 5.81. The van der Waals surface area contributed by atoms with Crippen molar-refractivity contribution in [3.8, 4) is 0 Å². The maximum absolute atomic E-state index is 12.2. The lowest BCUT2D eigenvalue weighted by Crippen LogP contribution is -2.58. The van der Waals surface area contributed by atoms with E-state index in [1.165, 1.54) is 0 Å². The summed E-state index contributed by atoms with van der Waals surface area (Å²) < 4.78 is 109. The topological polar surface area (TPSA) is 54.0 Å². The Morgan fingerprint density at radius 2 is 0.929 bits per heavy atom. The maximum atomic E-state index is 12.2. The van der Waals surface area contributed by atoms with Crippen molar-refractivity contribution in [1.82, 2.24) is 0 Å². The van der Waals surface area contributed by atoms with Crippen LogP contribution in [0, 0.1) is 0 Å². The summed E-state index contributed by atoms with van der Waals surface area (Å²) in [5, 5.41) is -6.77. The molecule has 0 saturated heterocycles. The van der Waals surface area contributed by atoms with Crippen molar-refractivity contribution in [1.29, 1.82) is 0 Å². The fraction of sp³-hybridized carbons (Fsp3) is 1.00. The van der Waals surface area contributed by atoms with Gasteiger partial charge < -0.3 is 0 Å². The third-order valence-electron chi connectivity index (χ3n) is 1.07. The number of hydrogen-bond acceptors (Lipinski definition) is 2. The highest BCUT2D eigenvalue weighted by Crippen LogP contribution is 2.49. The minimum atomic E-state index is -7.25. The summed E-state index contributed by atoms with van der Waals surface area (Å²) in [5.41, 5.74) is 0. The Labute approximate surface area is 72.3 Å². The highest BCUT2D eigenvalue weighted by Gasteiger charge is 2.81. The second-order valence-corrected chi connectivity index (χ2v) is 3.52. The van der Waals surface area contributed by atoms with Crippen molar-refractivity contribution in [3.63, 3.8) is 0 Å². The van der Waals surface area contributed by atoms with Gasteiger partial charge in [-0.1, -0.05) is 4.55 Å². The van der Waals surface area contributed by atoms with Crippen LogP contribution in [-0.2, 0) is 14.7 Å². The second-order valence-electron chi connectivity index (χ2n) is 2.04. The van der Waals surface area contributed by atoms with Gasteiger partial charge >= 0.3 is 27.5 Å². The predicted octanol–water partition coefficient (Wildman–Crippen LogP) is 1.54. The summed E-state index contributed by atoms with van der Waals surface area (Å²) in [6.07, 6.45) is -13.7. The normalized spacial score (nSPS) is 15.7. The van der Waals surface area contributed by atoms with E-state index in [9.17, 15) is 43.7 Å². The van der Waals surface area contributed by atoms with E-state index in [4.69, 9.17) is 0 Å². The van der Waals surface area contributed by atoms with Gasteiger partial charge in [0.25, 0.3) is 0 Å². The molecule has 0 aliphatic rings. The molecule has 1 radical (unpaired) electrons. The van der Waals surface area contributed by atoms with Crippen LogP contribution in [0.5, 0.6) is 0 Å². The standard InChI is InChI=1S/C3F7O3S/c4-1(2(5,6)7,3(8,9)10)14(11,12)13. The average molecular weight is 249 g/mol. The Kier molecular flexibility index (Phi) is 2.83. The molecule has 0 rings (SSSR count). The summed E-state index contributed by atoms with van der Waals surface area (Å²) in [4.78, 5) is 0. The van der Waals surface area contributed by atoms with Crippen molar-refractivity contribution in [2.75, 3.05) is 0 Å². The van der Waals surface area contributed by atoms with Crippen LogP contribution in [0.25, 0.3) is 0 Å². The van der Waals surface area contributed by atoms with E-state index in [0.717, 1.165) is 0 Å². The molecule has 0 amide bonds. The molecule has 0 bridgehead atoms. The van der Waals surface area contributed by atoms with Gasteiger partial charge in [0.15, 0.2) is 0 Å². The first-order valence-corrected chi connectivity index (χ1v) is 3.94. The molecule has 0 heterocycles. The quantitative estimate of drug-likeness (QED) is 0.662. The summed E-state index contributed by atoms with van der Waals surface area (Å²) in [6.45, 7) is 0.